The number of amides is 1. The van der Waals surface area contributed by atoms with Gasteiger partial charge in [0.1, 0.15) is 11.6 Å². The molecule has 1 heterocycles. The second-order valence-electron chi connectivity index (χ2n) is 4.19. The summed E-state index contributed by atoms with van der Waals surface area (Å²) in [4.78, 5) is 19.5. The first-order valence-electron chi connectivity index (χ1n) is 6.45. The van der Waals surface area contributed by atoms with Crippen LogP contribution in [0.1, 0.15) is 5.56 Å². The Morgan fingerprint density at radius 1 is 1.19 bits per heavy atom. The molecule has 2 N–H and O–H groups in total. The van der Waals surface area contributed by atoms with E-state index >= 15 is 0 Å². The first-order chi connectivity index (χ1) is 10.2. The van der Waals surface area contributed by atoms with E-state index in [1.165, 1.54) is 18.2 Å². The molecule has 108 valence electrons. The highest BCUT2D eigenvalue weighted by Crippen LogP contribution is 2.04. The van der Waals surface area contributed by atoms with Crippen LogP contribution in [0.2, 0.25) is 0 Å². The number of carbonyl (C=O) groups excluding carboxylic acids is 1. The predicted molar refractivity (Wildman–Crippen MR) is 79.0 cm³/mol. The van der Waals surface area contributed by atoms with Crippen molar-refractivity contribution in [3.8, 4) is 0 Å². The lowest BCUT2D eigenvalue weighted by Gasteiger charge is -2.04. The largest absolute Gasteiger partial charge is 0.367 e. The van der Waals surface area contributed by atoms with Crippen LogP contribution in [0.5, 0.6) is 0 Å². The second-order valence-corrected chi connectivity index (χ2v) is 4.19. The van der Waals surface area contributed by atoms with Gasteiger partial charge in [0, 0.05) is 31.6 Å². The highest BCUT2D eigenvalue weighted by molar-refractivity contribution is 5.91. The third-order valence-corrected chi connectivity index (χ3v) is 2.59. The molecule has 0 aliphatic heterocycles. The van der Waals surface area contributed by atoms with Crippen LogP contribution in [0.15, 0.2) is 48.9 Å². The zero-order valence-electron chi connectivity index (χ0n) is 11.3. The number of hydrogen-bond acceptors (Lipinski definition) is 4. The van der Waals surface area contributed by atoms with Gasteiger partial charge in [0.15, 0.2) is 0 Å². The average Bonchev–Trinajstić information content (AvgIpc) is 2.52. The van der Waals surface area contributed by atoms with Crippen molar-refractivity contribution in [3.63, 3.8) is 0 Å². The quantitative estimate of drug-likeness (QED) is 0.628. The number of halogens is 1. The van der Waals surface area contributed by atoms with Crippen LogP contribution < -0.4 is 10.6 Å². The summed E-state index contributed by atoms with van der Waals surface area (Å²) in [5, 5.41) is 5.75. The van der Waals surface area contributed by atoms with E-state index in [0.717, 1.165) is 5.56 Å². The molecule has 0 atom stereocenters. The summed E-state index contributed by atoms with van der Waals surface area (Å²) in [6.07, 6.45) is 7.83. The number of nitrogens with one attached hydrogen (secondary N) is 2. The molecule has 0 saturated carbocycles. The van der Waals surface area contributed by atoms with Crippen molar-refractivity contribution in [1.29, 1.82) is 0 Å². The lowest BCUT2D eigenvalue weighted by molar-refractivity contribution is -0.116. The van der Waals surface area contributed by atoms with Crippen LogP contribution in [0.4, 0.5) is 10.2 Å². The van der Waals surface area contributed by atoms with Crippen molar-refractivity contribution in [2.75, 3.05) is 18.4 Å². The molecule has 0 spiro atoms. The summed E-state index contributed by atoms with van der Waals surface area (Å²) in [5.41, 5.74) is 0.768. The minimum Gasteiger partial charge on any atom is -0.367 e. The minimum atomic E-state index is -0.299. The smallest absolute Gasteiger partial charge is 0.244 e. The first kappa shape index (κ1) is 14.6. The van der Waals surface area contributed by atoms with Gasteiger partial charge in [0.25, 0.3) is 0 Å². The molecule has 1 aromatic carbocycles. The number of hydrogen-bond donors (Lipinski definition) is 2. The van der Waals surface area contributed by atoms with E-state index < -0.39 is 0 Å². The Hall–Kier alpha value is -2.76. The number of aromatic nitrogens is 2. The normalized spacial score (nSPS) is 10.5. The predicted octanol–water partition coefficient (Wildman–Crippen LogP) is 1.86. The van der Waals surface area contributed by atoms with Crippen molar-refractivity contribution in [2.24, 2.45) is 0 Å². The topological polar surface area (TPSA) is 66.9 Å². The molecule has 0 bridgehead atoms. The van der Waals surface area contributed by atoms with Crippen LogP contribution in [-0.2, 0) is 4.79 Å². The Labute approximate surface area is 121 Å². The standard InChI is InChI=1S/C15H15FN4O/c16-13-4-1-12(2-5-13)3-6-15(21)20-10-9-19-14-11-17-7-8-18-14/h1-8,11H,9-10H2,(H,18,19)(H,20,21)/b6-3-. The van der Waals surface area contributed by atoms with Gasteiger partial charge in [-0.2, -0.15) is 0 Å². The maximum absolute atomic E-state index is 12.7. The molecule has 0 aliphatic rings. The molecule has 6 heteroatoms. The van der Waals surface area contributed by atoms with E-state index in [9.17, 15) is 9.18 Å². The maximum Gasteiger partial charge on any atom is 0.244 e. The lowest BCUT2D eigenvalue weighted by atomic mass is 10.2. The fourth-order valence-corrected chi connectivity index (χ4v) is 1.57. The van der Waals surface area contributed by atoms with E-state index in [4.69, 9.17) is 0 Å². The zero-order chi connectivity index (χ0) is 14.9. The number of benzene rings is 1. The summed E-state index contributed by atoms with van der Waals surface area (Å²) in [5.74, 6) is 0.153. The molecule has 0 aliphatic carbocycles. The monoisotopic (exact) mass is 286 g/mol. The molecule has 1 amide bonds. The summed E-state index contributed by atoms with van der Waals surface area (Å²) >= 11 is 0. The first-order valence-corrected chi connectivity index (χ1v) is 6.45. The molecule has 0 unspecified atom stereocenters. The molecule has 0 radical (unpaired) electrons. The summed E-state index contributed by atoms with van der Waals surface area (Å²) in [6, 6.07) is 5.91. The highest BCUT2D eigenvalue weighted by Gasteiger charge is 1.96. The lowest BCUT2D eigenvalue weighted by Crippen LogP contribution is -2.27. The molecule has 5 nitrogen and oxygen atoms in total. The maximum atomic E-state index is 12.7. The van der Waals surface area contributed by atoms with E-state index in [0.29, 0.717) is 18.9 Å². The highest BCUT2D eigenvalue weighted by atomic mass is 19.1. The van der Waals surface area contributed by atoms with Gasteiger partial charge < -0.3 is 10.6 Å². The molecule has 0 fully saturated rings. The molecule has 0 saturated heterocycles. The van der Waals surface area contributed by atoms with Gasteiger partial charge in [-0.3, -0.25) is 9.78 Å². The Morgan fingerprint density at radius 2 is 2.00 bits per heavy atom. The van der Waals surface area contributed by atoms with Crippen molar-refractivity contribution in [2.45, 2.75) is 0 Å². The van der Waals surface area contributed by atoms with Gasteiger partial charge in [-0.25, -0.2) is 9.37 Å². The van der Waals surface area contributed by atoms with Gasteiger partial charge in [0.05, 0.1) is 6.20 Å². The molecule has 2 rings (SSSR count). The number of rotatable bonds is 6. The van der Waals surface area contributed by atoms with Crippen LogP contribution in [0.3, 0.4) is 0 Å². The number of nitrogens with zero attached hydrogens (tertiary/aromatic N) is 2. The Balaban J connectivity index is 1.69. The van der Waals surface area contributed by atoms with Crippen molar-refractivity contribution in [1.82, 2.24) is 15.3 Å². The Kier molecular flexibility index (Phi) is 5.40. The Bertz CT molecular complexity index is 599. The second kappa shape index (κ2) is 7.74. The van der Waals surface area contributed by atoms with Gasteiger partial charge >= 0.3 is 0 Å². The summed E-state index contributed by atoms with van der Waals surface area (Å²) in [7, 11) is 0. The van der Waals surface area contributed by atoms with E-state index in [1.807, 2.05) is 0 Å². The third kappa shape index (κ3) is 5.40. The molecule has 2 aromatic rings. The van der Waals surface area contributed by atoms with Crippen LogP contribution in [0.25, 0.3) is 6.08 Å². The van der Waals surface area contributed by atoms with E-state index in [-0.39, 0.29) is 11.7 Å². The molecule has 1 aromatic heterocycles. The summed E-state index contributed by atoms with van der Waals surface area (Å²) in [6.45, 7) is 1.01. The van der Waals surface area contributed by atoms with Gasteiger partial charge in [-0.05, 0) is 23.8 Å². The van der Waals surface area contributed by atoms with Crippen molar-refractivity contribution >= 4 is 17.8 Å². The van der Waals surface area contributed by atoms with Gasteiger partial charge in [-0.15, -0.1) is 0 Å². The summed E-state index contributed by atoms with van der Waals surface area (Å²) < 4.78 is 12.7. The minimum absolute atomic E-state index is 0.208. The van der Waals surface area contributed by atoms with Crippen LogP contribution >= 0.6 is 0 Å². The van der Waals surface area contributed by atoms with Gasteiger partial charge in [0.2, 0.25) is 5.91 Å². The molecular formula is C15H15FN4O. The SMILES string of the molecule is O=C(/C=C\c1ccc(F)cc1)NCCNc1cnccn1. The van der Waals surface area contributed by atoms with Gasteiger partial charge in [-0.1, -0.05) is 12.1 Å². The van der Waals surface area contributed by atoms with E-state index in [2.05, 4.69) is 20.6 Å². The van der Waals surface area contributed by atoms with Crippen molar-refractivity contribution in [3.05, 3.63) is 60.3 Å². The third-order valence-electron chi connectivity index (χ3n) is 2.59. The number of anilines is 1. The molecular weight excluding hydrogens is 271 g/mol. The number of carbonyl (C=O) groups is 1. The fraction of sp³-hybridized carbons (Fsp3) is 0.133. The van der Waals surface area contributed by atoms with E-state index in [1.54, 1.807) is 36.8 Å². The van der Waals surface area contributed by atoms with Crippen LogP contribution in [-0.4, -0.2) is 29.0 Å². The van der Waals surface area contributed by atoms with Crippen molar-refractivity contribution < 1.29 is 9.18 Å². The average molecular weight is 286 g/mol. The molecule has 21 heavy (non-hydrogen) atoms. The van der Waals surface area contributed by atoms with Crippen LogP contribution in [0, 0.1) is 5.82 Å². The Morgan fingerprint density at radius 3 is 2.71 bits per heavy atom. The fourth-order valence-electron chi connectivity index (χ4n) is 1.57. The zero-order valence-corrected chi connectivity index (χ0v) is 11.3.